The van der Waals surface area contributed by atoms with E-state index in [0.717, 1.165) is 58.5 Å². The number of rotatable bonds is 7. The van der Waals surface area contributed by atoms with E-state index in [1.807, 2.05) is 77.9 Å². The summed E-state index contributed by atoms with van der Waals surface area (Å²) in [6.45, 7) is 18.6. The topological polar surface area (TPSA) is 70.8 Å². The fourth-order valence-electron chi connectivity index (χ4n) is 4.80. The van der Waals surface area contributed by atoms with Gasteiger partial charge in [-0.1, -0.05) is 116 Å². The summed E-state index contributed by atoms with van der Waals surface area (Å²) in [6, 6.07) is 13.5. The summed E-state index contributed by atoms with van der Waals surface area (Å²) in [6.07, 6.45) is 5.78. The second-order valence-corrected chi connectivity index (χ2v) is 11.9. The van der Waals surface area contributed by atoms with E-state index in [4.69, 9.17) is 9.98 Å². The molecule has 0 saturated heterocycles. The minimum Gasteiger partial charge on any atom is -0.872 e. The molecule has 6 heteroatoms. The Morgan fingerprint density at radius 1 is 0.625 bits per heavy atom. The van der Waals surface area contributed by atoms with Gasteiger partial charge in [0.2, 0.25) is 0 Å². The van der Waals surface area contributed by atoms with Crippen molar-refractivity contribution in [2.75, 3.05) is 0 Å². The van der Waals surface area contributed by atoms with Crippen LogP contribution in [0.25, 0.3) is 0 Å². The molecule has 0 radical (unpaired) electrons. The molecule has 0 spiro atoms. The number of hydrogen-bond acceptors (Lipinski definition) is 4. The van der Waals surface area contributed by atoms with Crippen LogP contribution in [0.1, 0.15) is 101 Å². The van der Waals surface area contributed by atoms with Crippen molar-refractivity contribution in [1.82, 2.24) is 0 Å². The van der Waals surface area contributed by atoms with Crippen LogP contribution in [0.3, 0.4) is 0 Å². The van der Waals surface area contributed by atoms with E-state index in [9.17, 15) is 10.2 Å². The predicted octanol–water partition coefficient (Wildman–Crippen LogP) is 1.63. The maximum absolute atomic E-state index is 13.2. The summed E-state index contributed by atoms with van der Waals surface area (Å²) in [5.41, 5.74) is 7.29. The number of aryl methyl sites for hydroxylation is 2. The molecule has 0 atom stereocenters. The third-order valence-electron chi connectivity index (χ3n) is 7.02. The predicted molar refractivity (Wildman–Crippen MR) is 158 cm³/mol. The Morgan fingerprint density at radius 2 is 1.00 bits per heavy atom. The van der Waals surface area contributed by atoms with Crippen molar-refractivity contribution in [2.45, 2.75) is 92.4 Å². The molecule has 0 unspecified atom stereocenters. The summed E-state index contributed by atoms with van der Waals surface area (Å²) in [4.78, 5) is 9.79. The molecular formula is C34H42N2Na2O2. The smallest absolute Gasteiger partial charge is 0.872 e. The maximum atomic E-state index is 13.2. The van der Waals surface area contributed by atoms with Crippen molar-refractivity contribution < 1.29 is 69.3 Å². The zero-order valence-electron chi connectivity index (χ0n) is 26.5. The van der Waals surface area contributed by atoms with Crippen LogP contribution in [0.2, 0.25) is 0 Å². The van der Waals surface area contributed by atoms with Gasteiger partial charge >= 0.3 is 59.1 Å². The van der Waals surface area contributed by atoms with Gasteiger partial charge in [-0.2, -0.15) is 0 Å². The molecule has 4 nitrogen and oxygen atoms in total. The van der Waals surface area contributed by atoms with E-state index in [-0.39, 0.29) is 81.4 Å². The third-order valence-corrected chi connectivity index (χ3v) is 7.02. The van der Waals surface area contributed by atoms with E-state index in [1.54, 1.807) is 12.4 Å². The molecular weight excluding hydrogens is 514 g/mol. The summed E-state index contributed by atoms with van der Waals surface area (Å²) >= 11 is 0. The molecule has 3 rings (SSSR count). The van der Waals surface area contributed by atoms with Gasteiger partial charge in [0, 0.05) is 18.0 Å². The van der Waals surface area contributed by atoms with Gasteiger partial charge in [0.25, 0.3) is 0 Å². The number of aliphatic imine (C=N–C) groups is 2. The van der Waals surface area contributed by atoms with Gasteiger partial charge in [0.15, 0.2) is 0 Å². The van der Waals surface area contributed by atoms with Gasteiger partial charge in [0.1, 0.15) is 0 Å². The SMILES string of the molecule is CCc1cc(CC)c(N=Cc2cccc(C(C)(C)C)c2[O-])c(CC)c1N=Cc1cccc(C(C)(C)C)c1[O-].[Na+].[Na+]. The Kier molecular flexibility index (Phi) is 13.9. The molecule has 0 aromatic heterocycles. The van der Waals surface area contributed by atoms with E-state index in [0.29, 0.717) is 11.1 Å². The van der Waals surface area contributed by atoms with Crippen molar-refractivity contribution in [2.24, 2.45) is 9.98 Å². The van der Waals surface area contributed by atoms with Crippen LogP contribution in [0, 0.1) is 0 Å². The number of para-hydroxylation sites is 2. The molecule has 0 amide bonds. The van der Waals surface area contributed by atoms with Crippen molar-refractivity contribution >= 4 is 23.8 Å². The van der Waals surface area contributed by atoms with Crippen LogP contribution < -0.4 is 69.3 Å². The quantitative estimate of drug-likeness (QED) is 0.328. The molecule has 40 heavy (non-hydrogen) atoms. The van der Waals surface area contributed by atoms with Crippen molar-refractivity contribution in [3.63, 3.8) is 0 Å². The van der Waals surface area contributed by atoms with Crippen LogP contribution in [-0.4, -0.2) is 12.4 Å². The van der Waals surface area contributed by atoms with E-state index >= 15 is 0 Å². The summed E-state index contributed by atoms with van der Waals surface area (Å²) in [5.74, 6) is 0.0370. The first-order valence-corrected chi connectivity index (χ1v) is 13.7. The molecule has 0 heterocycles. The Morgan fingerprint density at radius 3 is 1.30 bits per heavy atom. The largest absolute Gasteiger partial charge is 1.00 e. The average Bonchev–Trinajstić information content (AvgIpc) is 2.85. The van der Waals surface area contributed by atoms with E-state index < -0.39 is 0 Å². The minimum absolute atomic E-state index is 0. The first-order valence-electron chi connectivity index (χ1n) is 13.7. The number of nitrogens with zero attached hydrogens (tertiary/aromatic N) is 2. The van der Waals surface area contributed by atoms with Crippen molar-refractivity contribution in [3.05, 3.63) is 81.4 Å². The Balaban J connectivity index is 0.00000400. The minimum atomic E-state index is -0.237. The number of hydrogen-bond donors (Lipinski definition) is 0. The molecule has 0 aliphatic rings. The van der Waals surface area contributed by atoms with Crippen LogP contribution in [0.15, 0.2) is 52.4 Å². The first-order chi connectivity index (χ1) is 17.8. The van der Waals surface area contributed by atoms with Gasteiger partial charge in [-0.25, -0.2) is 0 Å². The summed E-state index contributed by atoms with van der Waals surface area (Å²) < 4.78 is 0. The molecule has 3 aromatic carbocycles. The standard InChI is InChI=1S/C34H44N2O2.2Na/c1-10-22-19-23(11-2)30(36-21-25-16-14-18-28(32(25)38)34(7,8)9)26(12-3)29(22)35-20-24-15-13-17-27(31(24)37)33(4,5)6;;/h13-21,37-38H,10-12H2,1-9H3;;/q;2*+1/p-2. The van der Waals surface area contributed by atoms with Gasteiger partial charge in [-0.05, 0) is 63.5 Å². The average molecular weight is 557 g/mol. The molecule has 0 aliphatic heterocycles. The van der Waals surface area contributed by atoms with Crippen LogP contribution in [0.5, 0.6) is 11.5 Å². The molecule has 0 fully saturated rings. The Bertz CT molecular complexity index is 1260. The fraction of sp³-hybridized carbons (Fsp3) is 0.412. The maximum Gasteiger partial charge on any atom is 1.00 e. The summed E-state index contributed by atoms with van der Waals surface area (Å²) in [5, 5.41) is 26.3. The molecule has 0 saturated carbocycles. The zero-order valence-corrected chi connectivity index (χ0v) is 30.5. The Labute approximate surface area is 286 Å². The molecule has 0 bridgehead atoms. The first kappa shape index (κ1) is 36.6. The summed E-state index contributed by atoms with van der Waals surface area (Å²) in [7, 11) is 0. The normalized spacial score (nSPS) is 12.0. The fourth-order valence-corrected chi connectivity index (χ4v) is 4.80. The zero-order chi connectivity index (χ0) is 28.3. The monoisotopic (exact) mass is 556 g/mol. The van der Waals surface area contributed by atoms with Crippen LogP contribution in [0.4, 0.5) is 11.4 Å². The van der Waals surface area contributed by atoms with Crippen molar-refractivity contribution in [1.29, 1.82) is 0 Å². The second kappa shape index (κ2) is 15.2. The molecule has 3 aromatic rings. The molecule has 202 valence electrons. The number of benzene rings is 3. The molecule has 0 N–H and O–H groups in total. The van der Waals surface area contributed by atoms with Crippen molar-refractivity contribution in [3.8, 4) is 11.5 Å². The third kappa shape index (κ3) is 8.33. The van der Waals surface area contributed by atoms with Crippen LogP contribution >= 0.6 is 0 Å². The second-order valence-electron chi connectivity index (χ2n) is 11.9. The molecule has 0 aliphatic carbocycles. The van der Waals surface area contributed by atoms with Gasteiger partial charge in [-0.3, -0.25) is 9.98 Å². The van der Waals surface area contributed by atoms with Crippen LogP contribution in [-0.2, 0) is 30.1 Å². The van der Waals surface area contributed by atoms with Gasteiger partial charge < -0.3 is 10.2 Å². The Hall–Kier alpha value is -1.40. The van der Waals surface area contributed by atoms with E-state index in [1.165, 1.54) is 0 Å². The van der Waals surface area contributed by atoms with Gasteiger partial charge in [0.05, 0.1) is 11.4 Å². The van der Waals surface area contributed by atoms with E-state index in [2.05, 4.69) is 26.8 Å². The van der Waals surface area contributed by atoms with Gasteiger partial charge in [-0.15, -0.1) is 0 Å².